The van der Waals surface area contributed by atoms with Crippen LogP contribution in [0.25, 0.3) is 11.0 Å². The SMILES string of the molecule is COCCOC(=O)C1=C(C)Nc2nc3ccccc3n2[C@@H]1c1cccc(OC)c1. The van der Waals surface area contributed by atoms with Gasteiger partial charge in [-0.2, -0.15) is 0 Å². The molecule has 0 unspecified atom stereocenters. The molecule has 0 saturated heterocycles. The number of hydrogen-bond acceptors (Lipinski definition) is 6. The lowest BCUT2D eigenvalue weighted by atomic mass is 9.95. The average molecular weight is 393 g/mol. The van der Waals surface area contributed by atoms with Crippen molar-refractivity contribution in [1.29, 1.82) is 0 Å². The molecule has 7 nitrogen and oxygen atoms in total. The van der Waals surface area contributed by atoms with E-state index in [9.17, 15) is 4.79 Å². The monoisotopic (exact) mass is 393 g/mol. The highest BCUT2D eigenvalue weighted by atomic mass is 16.6. The number of ether oxygens (including phenoxy) is 3. The summed E-state index contributed by atoms with van der Waals surface area (Å²) >= 11 is 0. The van der Waals surface area contributed by atoms with E-state index in [0.717, 1.165) is 22.3 Å². The normalized spacial score (nSPS) is 15.8. The standard InChI is InChI=1S/C22H23N3O4/c1-14-19(21(26)29-12-11-27-2)20(15-7-6-8-16(13-15)28-3)25-18-10-5-4-9-17(18)24-22(25)23-14/h4-10,13,20H,11-12H2,1-3H3,(H,23,24)/t20-/m1/s1. The highest BCUT2D eigenvalue weighted by Gasteiger charge is 2.35. The Morgan fingerprint density at radius 3 is 2.76 bits per heavy atom. The molecule has 4 rings (SSSR count). The number of nitrogens with zero attached hydrogens (tertiary/aromatic N) is 2. The molecule has 0 radical (unpaired) electrons. The Bertz CT molecular complexity index is 1090. The summed E-state index contributed by atoms with van der Waals surface area (Å²) in [5.74, 6) is 1.02. The maximum absolute atomic E-state index is 13.0. The highest BCUT2D eigenvalue weighted by Crippen LogP contribution is 2.40. The number of imidazole rings is 1. The van der Waals surface area contributed by atoms with Gasteiger partial charge in [0.2, 0.25) is 5.95 Å². The van der Waals surface area contributed by atoms with Crippen LogP contribution >= 0.6 is 0 Å². The van der Waals surface area contributed by atoms with Crippen molar-refractivity contribution in [3.05, 3.63) is 65.4 Å². The topological polar surface area (TPSA) is 74.6 Å². The smallest absolute Gasteiger partial charge is 0.338 e. The number of carbonyl (C=O) groups is 1. The summed E-state index contributed by atoms with van der Waals surface area (Å²) in [6.07, 6.45) is 0. The van der Waals surface area contributed by atoms with Crippen LogP contribution in [0, 0.1) is 0 Å². The zero-order chi connectivity index (χ0) is 20.4. The second kappa shape index (κ2) is 7.97. The molecule has 1 atom stereocenters. The fourth-order valence-electron chi connectivity index (χ4n) is 3.65. The van der Waals surface area contributed by atoms with Crippen molar-refractivity contribution in [2.24, 2.45) is 0 Å². The molecule has 0 saturated carbocycles. The van der Waals surface area contributed by atoms with Crippen molar-refractivity contribution in [1.82, 2.24) is 9.55 Å². The van der Waals surface area contributed by atoms with Crippen molar-refractivity contribution < 1.29 is 19.0 Å². The Hall–Kier alpha value is -3.32. The number of rotatable bonds is 6. The molecule has 29 heavy (non-hydrogen) atoms. The lowest BCUT2D eigenvalue weighted by Gasteiger charge is -2.30. The molecule has 0 aliphatic carbocycles. The fraction of sp³-hybridized carbons (Fsp3) is 0.273. The molecule has 0 spiro atoms. The van der Waals surface area contributed by atoms with Gasteiger partial charge in [0.05, 0.1) is 36.4 Å². The molecule has 2 aromatic carbocycles. The van der Waals surface area contributed by atoms with Gasteiger partial charge in [-0.1, -0.05) is 24.3 Å². The Balaban J connectivity index is 1.88. The van der Waals surface area contributed by atoms with Gasteiger partial charge in [-0.3, -0.25) is 4.57 Å². The van der Waals surface area contributed by atoms with E-state index >= 15 is 0 Å². The van der Waals surface area contributed by atoms with E-state index < -0.39 is 6.04 Å². The van der Waals surface area contributed by atoms with E-state index in [2.05, 4.69) is 5.32 Å². The van der Waals surface area contributed by atoms with Gasteiger partial charge in [0, 0.05) is 12.8 Å². The molecule has 1 aromatic heterocycles. The third kappa shape index (κ3) is 3.45. The molecular formula is C22H23N3O4. The number of benzene rings is 2. The number of carbonyl (C=O) groups excluding carboxylic acids is 1. The van der Waals surface area contributed by atoms with Crippen molar-refractivity contribution in [2.45, 2.75) is 13.0 Å². The maximum Gasteiger partial charge on any atom is 0.338 e. The summed E-state index contributed by atoms with van der Waals surface area (Å²) in [7, 11) is 3.20. The van der Waals surface area contributed by atoms with Gasteiger partial charge >= 0.3 is 5.97 Å². The van der Waals surface area contributed by atoms with Crippen LogP contribution in [0.2, 0.25) is 0 Å². The van der Waals surface area contributed by atoms with Crippen LogP contribution in [0.15, 0.2) is 59.8 Å². The second-order valence-corrected chi connectivity index (χ2v) is 6.77. The number of methoxy groups -OCH3 is 2. The molecule has 150 valence electrons. The van der Waals surface area contributed by atoms with Gasteiger partial charge < -0.3 is 19.5 Å². The number of esters is 1. The van der Waals surface area contributed by atoms with Crippen molar-refractivity contribution >= 4 is 23.0 Å². The molecule has 1 aliphatic rings. The van der Waals surface area contributed by atoms with E-state index in [0.29, 0.717) is 23.8 Å². The predicted molar refractivity (Wildman–Crippen MR) is 110 cm³/mol. The molecule has 0 bridgehead atoms. The van der Waals surface area contributed by atoms with Gasteiger partial charge in [0.1, 0.15) is 12.4 Å². The summed E-state index contributed by atoms with van der Waals surface area (Å²) < 4.78 is 17.9. The summed E-state index contributed by atoms with van der Waals surface area (Å²) in [6.45, 7) is 2.39. The quantitative estimate of drug-likeness (QED) is 0.510. The van der Waals surface area contributed by atoms with Gasteiger partial charge in [-0.05, 0) is 36.8 Å². The van der Waals surface area contributed by atoms with Crippen LogP contribution < -0.4 is 10.1 Å². The van der Waals surface area contributed by atoms with Gasteiger partial charge in [0.25, 0.3) is 0 Å². The lowest BCUT2D eigenvalue weighted by Crippen LogP contribution is -2.29. The van der Waals surface area contributed by atoms with E-state index in [1.807, 2.05) is 60.0 Å². The number of fused-ring (bicyclic) bond motifs is 3. The molecule has 1 N–H and O–H groups in total. The third-order valence-corrected chi connectivity index (χ3v) is 4.98. The van der Waals surface area contributed by atoms with Crippen LogP contribution in [0.3, 0.4) is 0 Å². The summed E-state index contributed by atoms with van der Waals surface area (Å²) in [5.41, 5.74) is 3.93. The minimum atomic E-state index is -0.399. The molecule has 0 fully saturated rings. The molecule has 3 aromatic rings. The van der Waals surface area contributed by atoms with Crippen LogP contribution in [-0.2, 0) is 14.3 Å². The highest BCUT2D eigenvalue weighted by molar-refractivity contribution is 5.94. The molecule has 0 amide bonds. The first-order chi connectivity index (χ1) is 14.1. The predicted octanol–water partition coefficient (Wildman–Crippen LogP) is 3.52. The number of para-hydroxylation sites is 2. The Morgan fingerprint density at radius 1 is 1.14 bits per heavy atom. The largest absolute Gasteiger partial charge is 0.497 e. The minimum Gasteiger partial charge on any atom is -0.497 e. The summed E-state index contributed by atoms with van der Waals surface area (Å²) in [5, 5.41) is 3.27. The van der Waals surface area contributed by atoms with E-state index in [1.54, 1.807) is 14.2 Å². The average Bonchev–Trinajstić information content (AvgIpc) is 3.10. The number of nitrogens with one attached hydrogen (secondary N) is 1. The van der Waals surface area contributed by atoms with Crippen LogP contribution in [0.5, 0.6) is 5.75 Å². The Labute approximate surface area is 168 Å². The third-order valence-electron chi connectivity index (χ3n) is 4.98. The van der Waals surface area contributed by atoms with Crippen LogP contribution in [0.1, 0.15) is 18.5 Å². The molecule has 2 heterocycles. The number of allylic oxidation sites excluding steroid dienone is 1. The number of aromatic nitrogens is 2. The zero-order valence-electron chi connectivity index (χ0n) is 16.6. The Kier molecular flexibility index (Phi) is 5.22. The van der Waals surface area contributed by atoms with Gasteiger partial charge in [0.15, 0.2) is 0 Å². The molecule has 1 aliphatic heterocycles. The van der Waals surface area contributed by atoms with Gasteiger partial charge in [-0.15, -0.1) is 0 Å². The maximum atomic E-state index is 13.0. The van der Waals surface area contributed by atoms with Gasteiger partial charge in [-0.25, -0.2) is 9.78 Å². The first-order valence-electron chi connectivity index (χ1n) is 9.38. The lowest BCUT2D eigenvalue weighted by molar-refractivity contribution is -0.140. The molecular weight excluding hydrogens is 370 g/mol. The number of hydrogen-bond donors (Lipinski definition) is 1. The van der Waals surface area contributed by atoms with Crippen molar-refractivity contribution in [3.63, 3.8) is 0 Å². The van der Waals surface area contributed by atoms with Crippen molar-refractivity contribution in [2.75, 3.05) is 32.8 Å². The number of anilines is 1. The minimum absolute atomic E-state index is 0.189. The summed E-state index contributed by atoms with van der Waals surface area (Å²) in [6, 6.07) is 15.2. The van der Waals surface area contributed by atoms with E-state index in [4.69, 9.17) is 19.2 Å². The van der Waals surface area contributed by atoms with E-state index in [-0.39, 0.29) is 12.6 Å². The summed E-state index contributed by atoms with van der Waals surface area (Å²) in [4.78, 5) is 17.8. The van der Waals surface area contributed by atoms with E-state index in [1.165, 1.54) is 0 Å². The zero-order valence-corrected chi connectivity index (χ0v) is 16.6. The van der Waals surface area contributed by atoms with Crippen molar-refractivity contribution in [3.8, 4) is 5.75 Å². The van der Waals surface area contributed by atoms with Crippen LogP contribution in [-0.4, -0.2) is 43.0 Å². The Morgan fingerprint density at radius 2 is 1.97 bits per heavy atom. The molecule has 7 heteroatoms. The first kappa shape index (κ1) is 19.0. The fourth-order valence-corrected chi connectivity index (χ4v) is 3.65. The van der Waals surface area contributed by atoms with Crippen LogP contribution in [0.4, 0.5) is 5.95 Å². The second-order valence-electron chi connectivity index (χ2n) is 6.77. The first-order valence-corrected chi connectivity index (χ1v) is 9.38.